The van der Waals surface area contributed by atoms with Crippen molar-refractivity contribution < 1.29 is 28.5 Å². The van der Waals surface area contributed by atoms with Crippen LogP contribution < -0.4 is 14.2 Å². The predicted molar refractivity (Wildman–Crippen MR) is 154 cm³/mol. The third-order valence-electron chi connectivity index (χ3n) is 8.65. The number of esters is 1. The molecule has 6 nitrogen and oxygen atoms in total. The van der Waals surface area contributed by atoms with Crippen molar-refractivity contribution in [2.75, 3.05) is 27.9 Å². The zero-order valence-corrected chi connectivity index (χ0v) is 23.9. The van der Waals surface area contributed by atoms with Crippen molar-refractivity contribution >= 4 is 5.97 Å². The summed E-state index contributed by atoms with van der Waals surface area (Å²) in [5.74, 6) is 2.39. The van der Waals surface area contributed by atoms with E-state index in [0.717, 1.165) is 59.6 Å². The van der Waals surface area contributed by atoms with Gasteiger partial charge in [0, 0.05) is 0 Å². The molecule has 3 atom stereocenters. The van der Waals surface area contributed by atoms with Gasteiger partial charge in [0.1, 0.15) is 29.0 Å². The highest BCUT2D eigenvalue weighted by atomic mass is 16.5. The molecular formula is C34H40O6. The Morgan fingerprint density at radius 3 is 1.52 bits per heavy atom. The summed E-state index contributed by atoms with van der Waals surface area (Å²) in [6.45, 7) is 2.53. The molecule has 0 bridgehead atoms. The van der Waals surface area contributed by atoms with Gasteiger partial charge >= 0.3 is 5.97 Å². The highest BCUT2D eigenvalue weighted by Crippen LogP contribution is 2.50. The van der Waals surface area contributed by atoms with Crippen molar-refractivity contribution in [3.05, 3.63) is 89.5 Å². The molecule has 3 aromatic carbocycles. The Kier molecular flexibility index (Phi) is 8.65. The molecule has 0 heterocycles. The number of carbonyl (C=O) groups is 1. The Balaban J connectivity index is 1.49. The fraction of sp³-hybridized carbons (Fsp3) is 0.441. The third-order valence-corrected chi connectivity index (χ3v) is 8.65. The Bertz CT molecular complexity index is 1130. The maximum atomic E-state index is 13.1. The van der Waals surface area contributed by atoms with Gasteiger partial charge in [-0.05, 0) is 90.6 Å². The van der Waals surface area contributed by atoms with Gasteiger partial charge in [-0.3, -0.25) is 4.79 Å². The summed E-state index contributed by atoms with van der Waals surface area (Å²) >= 11 is 0. The Hall–Kier alpha value is -3.51. The molecule has 0 saturated heterocycles. The first-order valence-electron chi connectivity index (χ1n) is 14.3. The number of hydrogen-bond acceptors (Lipinski definition) is 6. The molecule has 5 rings (SSSR count). The molecule has 0 aromatic heterocycles. The lowest BCUT2D eigenvalue weighted by Crippen LogP contribution is -2.34. The SMILES string of the molecule is COc1ccc(C(OCC2C(C)C2C(=O)OC2CCCCC2)(c2ccc(OC)cc2)c2ccc(OC)cc2)cc1. The van der Waals surface area contributed by atoms with Crippen LogP contribution in [-0.4, -0.2) is 40.0 Å². The summed E-state index contributed by atoms with van der Waals surface area (Å²) in [7, 11) is 4.98. The lowest BCUT2D eigenvalue weighted by atomic mass is 9.80. The second-order valence-electron chi connectivity index (χ2n) is 10.9. The monoisotopic (exact) mass is 544 g/mol. The normalized spacial score (nSPS) is 20.9. The van der Waals surface area contributed by atoms with Crippen molar-refractivity contribution in [1.82, 2.24) is 0 Å². The molecule has 212 valence electrons. The third kappa shape index (κ3) is 5.68. The van der Waals surface area contributed by atoms with Crippen LogP contribution in [0.15, 0.2) is 72.8 Å². The van der Waals surface area contributed by atoms with Crippen LogP contribution >= 0.6 is 0 Å². The fourth-order valence-electron chi connectivity index (χ4n) is 6.06. The second-order valence-corrected chi connectivity index (χ2v) is 10.9. The van der Waals surface area contributed by atoms with E-state index in [4.69, 9.17) is 23.7 Å². The first-order valence-corrected chi connectivity index (χ1v) is 14.3. The molecule has 0 N–H and O–H groups in total. The molecule has 0 aliphatic heterocycles. The number of hydrogen-bond donors (Lipinski definition) is 0. The van der Waals surface area contributed by atoms with Crippen molar-refractivity contribution in [2.24, 2.45) is 17.8 Å². The molecular weight excluding hydrogens is 504 g/mol. The van der Waals surface area contributed by atoms with E-state index in [-0.39, 0.29) is 29.8 Å². The molecule has 2 aliphatic rings. The van der Waals surface area contributed by atoms with Crippen LogP contribution in [0.2, 0.25) is 0 Å². The van der Waals surface area contributed by atoms with Crippen LogP contribution in [0.3, 0.4) is 0 Å². The van der Waals surface area contributed by atoms with Gasteiger partial charge in [0.05, 0.1) is 33.9 Å². The second kappa shape index (κ2) is 12.3. The predicted octanol–water partition coefficient (Wildman–Crippen LogP) is 6.78. The highest BCUT2D eigenvalue weighted by Gasteiger charge is 2.54. The van der Waals surface area contributed by atoms with Gasteiger partial charge < -0.3 is 23.7 Å². The minimum atomic E-state index is -0.940. The largest absolute Gasteiger partial charge is 0.497 e. The molecule has 3 aromatic rings. The van der Waals surface area contributed by atoms with Gasteiger partial charge in [-0.1, -0.05) is 49.7 Å². The molecule has 2 saturated carbocycles. The van der Waals surface area contributed by atoms with Crippen LogP contribution in [0.5, 0.6) is 17.2 Å². The maximum absolute atomic E-state index is 13.1. The molecule has 0 amide bonds. The van der Waals surface area contributed by atoms with Crippen molar-refractivity contribution in [3.8, 4) is 17.2 Å². The van der Waals surface area contributed by atoms with Crippen molar-refractivity contribution in [3.63, 3.8) is 0 Å². The summed E-state index contributed by atoms with van der Waals surface area (Å²) in [4.78, 5) is 13.1. The first kappa shape index (κ1) is 28.0. The summed E-state index contributed by atoms with van der Waals surface area (Å²) in [6, 6.07) is 23.9. The van der Waals surface area contributed by atoms with Gasteiger partial charge in [-0.25, -0.2) is 0 Å². The average Bonchev–Trinajstić information content (AvgIpc) is 3.67. The standard InChI is InChI=1S/C34H40O6/c1-23-31(32(23)33(35)40-30-8-6-5-7-9-30)22-39-34(24-10-16-27(36-2)17-11-24,25-12-18-28(37-3)19-13-25)26-14-20-29(38-4)21-15-26/h10-21,23,30-32H,5-9,22H2,1-4H3. The number of carbonyl (C=O) groups excluding carboxylic acids is 1. The number of ether oxygens (including phenoxy) is 5. The topological polar surface area (TPSA) is 63.2 Å². The van der Waals surface area contributed by atoms with Crippen molar-refractivity contribution in [2.45, 2.75) is 50.7 Å². The van der Waals surface area contributed by atoms with E-state index in [1.165, 1.54) is 6.42 Å². The summed E-state index contributed by atoms with van der Waals surface area (Å²) < 4.78 is 29.3. The highest BCUT2D eigenvalue weighted by molar-refractivity contribution is 5.76. The number of methoxy groups -OCH3 is 3. The van der Waals surface area contributed by atoms with E-state index in [1.807, 2.05) is 72.8 Å². The summed E-state index contributed by atoms with van der Waals surface area (Å²) in [5.41, 5.74) is 1.93. The Labute approximate surface area is 237 Å². The van der Waals surface area contributed by atoms with Gasteiger partial charge in [-0.2, -0.15) is 0 Å². The Morgan fingerprint density at radius 1 is 0.700 bits per heavy atom. The lowest BCUT2D eigenvalue weighted by molar-refractivity contribution is -0.153. The molecule has 0 radical (unpaired) electrons. The van der Waals surface area contributed by atoms with Gasteiger partial charge in [0.15, 0.2) is 0 Å². The minimum absolute atomic E-state index is 0.0626. The van der Waals surface area contributed by atoms with E-state index < -0.39 is 5.60 Å². The van der Waals surface area contributed by atoms with Crippen molar-refractivity contribution in [1.29, 1.82) is 0 Å². The molecule has 2 aliphatic carbocycles. The smallest absolute Gasteiger partial charge is 0.309 e. The molecule has 40 heavy (non-hydrogen) atoms. The van der Waals surface area contributed by atoms with E-state index in [1.54, 1.807) is 21.3 Å². The van der Waals surface area contributed by atoms with E-state index >= 15 is 0 Å². The number of benzene rings is 3. The summed E-state index contributed by atoms with van der Waals surface area (Å²) in [6.07, 6.45) is 5.52. The van der Waals surface area contributed by atoms with E-state index in [9.17, 15) is 4.79 Å². The lowest BCUT2D eigenvalue weighted by Gasteiger charge is -2.36. The zero-order chi connectivity index (χ0) is 28.1. The van der Waals surface area contributed by atoms with Crippen LogP contribution in [0.25, 0.3) is 0 Å². The molecule has 3 unspecified atom stereocenters. The van der Waals surface area contributed by atoms with E-state index in [0.29, 0.717) is 6.61 Å². The molecule has 6 heteroatoms. The average molecular weight is 545 g/mol. The van der Waals surface area contributed by atoms with Crippen LogP contribution in [-0.2, 0) is 19.9 Å². The van der Waals surface area contributed by atoms with Crippen LogP contribution in [0, 0.1) is 17.8 Å². The Morgan fingerprint density at radius 2 is 1.12 bits per heavy atom. The van der Waals surface area contributed by atoms with Crippen LogP contribution in [0.1, 0.15) is 55.7 Å². The van der Waals surface area contributed by atoms with E-state index in [2.05, 4.69) is 6.92 Å². The maximum Gasteiger partial charge on any atom is 0.309 e. The quantitative estimate of drug-likeness (QED) is 0.196. The first-order chi connectivity index (χ1) is 19.5. The molecule has 2 fully saturated rings. The van der Waals surface area contributed by atoms with Crippen LogP contribution in [0.4, 0.5) is 0 Å². The summed E-state index contributed by atoms with van der Waals surface area (Å²) in [5, 5.41) is 0. The van der Waals surface area contributed by atoms with Gasteiger partial charge in [0.2, 0.25) is 0 Å². The molecule has 0 spiro atoms. The number of rotatable bonds is 11. The minimum Gasteiger partial charge on any atom is -0.497 e. The zero-order valence-electron chi connectivity index (χ0n) is 23.9. The van der Waals surface area contributed by atoms with Gasteiger partial charge in [0.25, 0.3) is 0 Å². The van der Waals surface area contributed by atoms with Gasteiger partial charge in [-0.15, -0.1) is 0 Å². The fourth-order valence-corrected chi connectivity index (χ4v) is 6.06.